The smallest absolute Gasteiger partial charge is 0.0795 e. The molecular weight excluding hydrogens is 254 g/mol. The molecule has 2 heterocycles. The van der Waals surface area contributed by atoms with Crippen molar-refractivity contribution < 1.29 is 0 Å². The van der Waals surface area contributed by atoms with Crippen LogP contribution in [0.2, 0.25) is 0 Å². The number of likely N-dealkylation sites (tertiary alicyclic amines) is 1. The minimum Gasteiger partial charge on any atom is -0.317 e. The van der Waals surface area contributed by atoms with E-state index in [9.17, 15) is 0 Å². The summed E-state index contributed by atoms with van der Waals surface area (Å²) < 4.78 is 0. The number of nitrogens with one attached hydrogen (secondary N) is 1. The Morgan fingerprint density at radius 1 is 1.47 bits per heavy atom. The fraction of sp³-hybridized carbons (Fsp3) is 0.750. The summed E-state index contributed by atoms with van der Waals surface area (Å²) in [6, 6.07) is 0. The van der Waals surface area contributed by atoms with Crippen molar-refractivity contribution in [1.82, 2.24) is 15.2 Å². The summed E-state index contributed by atoms with van der Waals surface area (Å²) in [5.74, 6) is 0.881. The third kappa shape index (κ3) is 4.92. The zero-order chi connectivity index (χ0) is 11.2. The van der Waals surface area contributed by atoms with E-state index in [-0.39, 0.29) is 12.4 Å². The van der Waals surface area contributed by atoms with Gasteiger partial charge < -0.3 is 5.32 Å². The molecule has 1 saturated heterocycles. The molecule has 0 spiro atoms. The van der Waals surface area contributed by atoms with E-state index in [1.807, 2.05) is 5.51 Å². The highest BCUT2D eigenvalue weighted by molar-refractivity contribution is 7.07. The minimum atomic E-state index is 0. The number of aromatic nitrogens is 1. The lowest BCUT2D eigenvalue weighted by molar-refractivity contribution is 0.174. The number of hydrogen-bond donors (Lipinski definition) is 1. The van der Waals surface area contributed by atoms with E-state index in [1.165, 1.54) is 38.2 Å². The number of hydrogen-bond acceptors (Lipinski definition) is 4. The largest absolute Gasteiger partial charge is 0.317 e. The van der Waals surface area contributed by atoms with Gasteiger partial charge in [0.2, 0.25) is 0 Å². The molecule has 98 valence electrons. The van der Waals surface area contributed by atoms with Crippen molar-refractivity contribution in [2.24, 2.45) is 5.92 Å². The molecule has 1 N–H and O–H groups in total. The summed E-state index contributed by atoms with van der Waals surface area (Å²) in [4.78, 5) is 6.87. The first-order chi connectivity index (χ1) is 7.88. The molecule has 1 aromatic rings. The topological polar surface area (TPSA) is 28.2 Å². The molecule has 0 aliphatic carbocycles. The summed E-state index contributed by atoms with van der Waals surface area (Å²) in [5, 5.41) is 5.61. The molecule has 0 saturated carbocycles. The van der Waals surface area contributed by atoms with Crippen LogP contribution in [0.15, 0.2) is 10.9 Å². The average molecular weight is 276 g/mol. The molecule has 1 fully saturated rings. The zero-order valence-corrected chi connectivity index (χ0v) is 12.0. The monoisotopic (exact) mass is 275 g/mol. The molecule has 17 heavy (non-hydrogen) atoms. The summed E-state index contributed by atoms with van der Waals surface area (Å²) in [7, 11) is 0. The van der Waals surface area contributed by atoms with Crippen molar-refractivity contribution >= 4 is 23.7 Å². The van der Waals surface area contributed by atoms with Crippen molar-refractivity contribution in [3.8, 4) is 0 Å². The van der Waals surface area contributed by atoms with Gasteiger partial charge in [0.1, 0.15) is 0 Å². The van der Waals surface area contributed by atoms with E-state index < -0.39 is 0 Å². The summed E-state index contributed by atoms with van der Waals surface area (Å²) in [6.45, 7) is 7.97. The molecule has 1 aliphatic rings. The quantitative estimate of drug-likeness (QED) is 0.894. The first-order valence-corrected chi connectivity index (χ1v) is 7.13. The van der Waals surface area contributed by atoms with Crippen molar-refractivity contribution in [2.45, 2.75) is 26.3 Å². The molecule has 2 rings (SSSR count). The van der Waals surface area contributed by atoms with Crippen LogP contribution in [0.1, 0.15) is 25.5 Å². The van der Waals surface area contributed by atoms with E-state index in [0.717, 1.165) is 19.0 Å². The molecular formula is C12H22ClN3S. The van der Waals surface area contributed by atoms with Crippen LogP contribution in [-0.4, -0.2) is 36.1 Å². The summed E-state index contributed by atoms with van der Waals surface area (Å²) in [5.41, 5.74) is 3.16. The van der Waals surface area contributed by atoms with E-state index in [2.05, 4.69) is 27.5 Å². The van der Waals surface area contributed by atoms with Gasteiger partial charge in [0, 0.05) is 11.9 Å². The lowest BCUT2D eigenvalue weighted by Crippen LogP contribution is -2.36. The number of thiazole rings is 1. The maximum Gasteiger partial charge on any atom is 0.0795 e. The van der Waals surface area contributed by atoms with Gasteiger partial charge in [-0.05, 0) is 44.9 Å². The SMILES string of the molecule is CCNCC1CCN(Cc2cscn2)CC1.Cl. The number of nitrogens with zero attached hydrogens (tertiary/aromatic N) is 2. The molecule has 5 heteroatoms. The van der Waals surface area contributed by atoms with Crippen LogP contribution in [0.5, 0.6) is 0 Å². The van der Waals surface area contributed by atoms with Gasteiger partial charge in [-0.1, -0.05) is 6.92 Å². The Labute approximate surface area is 114 Å². The second-order valence-corrected chi connectivity index (χ2v) is 5.23. The van der Waals surface area contributed by atoms with Gasteiger partial charge in [-0.15, -0.1) is 23.7 Å². The Bertz CT molecular complexity index is 284. The van der Waals surface area contributed by atoms with Gasteiger partial charge in [0.05, 0.1) is 11.2 Å². The summed E-state index contributed by atoms with van der Waals surface area (Å²) >= 11 is 1.69. The molecule has 1 aromatic heterocycles. The lowest BCUT2D eigenvalue weighted by atomic mass is 9.97. The van der Waals surface area contributed by atoms with Crippen LogP contribution >= 0.6 is 23.7 Å². The Kier molecular flexibility index (Phi) is 7.04. The van der Waals surface area contributed by atoms with Crippen LogP contribution in [0.25, 0.3) is 0 Å². The third-order valence-corrected chi connectivity index (χ3v) is 3.89. The van der Waals surface area contributed by atoms with E-state index in [4.69, 9.17) is 0 Å². The zero-order valence-electron chi connectivity index (χ0n) is 10.4. The highest BCUT2D eigenvalue weighted by Gasteiger charge is 2.18. The van der Waals surface area contributed by atoms with Crippen molar-refractivity contribution in [3.05, 3.63) is 16.6 Å². The van der Waals surface area contributed by atoms with Gasteiger partial charge in [0.25, 0.3) is 0 Å². The average Bonchev–Trinajstić information content (AvgIpc) is 2.81. The van der Waals surface area contributed by atoms with Crippen molar-refractivity contribution in [2.75, 3.05) is 26.2 Å². The van der Waals surface area contributed by atoms with E-state index >= 15 is 0 Å². The lowest BCUT2D eigenvalue weighted by Gasteiger charge is -2.31. The van der Waals surface area contributed by atoms with E-state index in [1.54, 1.807) is 11.3 Å². The normalized spacial score (nSPS) is 17.9. The molecule has 0 aromatic carbocycles. The van der Waals surface area contributed by atoms with Gasteiger partial charge in [0.15, 0.2) is 0 Å². The number of rotatable bonds is 5. The van der Waals surface area contributed by atoms with E-state index in [0.29, 0.717) is 0 Å². The predicted octanol–water partition coefficient (Wildman–Crippen LogP) is 2.39. The Hall–Kier alpha value is -0.160. The second-order valence-electron chi connectivity index (χ2n) is 4.51. The number of piperidine rings is 1. The van der Waals surface area contributed by atoms with Gasteiger partial charge in [-0.3, -0.25) is 4.90 Å². The van der Waals surface area contributed by atoms with Gasteiger partial charge >= 0.3 is 0 Å². The van der Waals surface area contributed by atoms with Gasteiger partial charge in [-0.25, -0.2) is 4.98 Å². The van der Waals surface area contributed by atoms with Gasteiger partial charge in [-0.2, -0.15) is 0 Å². The fourth-order valence-electron chi connectivity index (χ4n) is 2.24. The van der Waals surface area contributed by atoms with Crippen molar-refractivity contribution in [3.63, 3.8) is 0 Å². The summed E-state index contributed by atoms with van der Waals surface area (Å²) in [6.07, 6.45) is 2.66. The van der Waals surface area contributed by atoms with Crippen LogP contribution in [0.4, 0.5) is 0 Å². The first-order valence-electron chi connectivity index (χ1n) is 6.18. The Morgan fingerprint density at radius 2 is 2.24 bits per heavy atom. The molecule has 1 aliphatic heterocycles. The van der Waals surface area contributed by atoms with Crippen LogP contribution in [-0.2, 0) is 6.54 Å². The molecule has 0 radical (unpaired) electrons. The Morgan fingerprint density at radius 3 is 2.82 bits per heavy atom. The molecule has 3 nitrogen and oxygen atoms in total. The molecule has 0 amide bonds. The molecule has 0 unspecified atom stereocenters. The first kappa shape index (κ1) is 14.9. The third-order valence-electron chi connectivity index (χ3n) is 3.26. The predicted molar refractivity (Wildman–Crippen MR) is 75.9 cm³/mol. The highest BCUT2D eigenvalue weighted by Crippen LogP contribution is 2.18. The van der Waals surface area contributed by atoms with Crippen LogP contribution in [0, 0.1) is 5.92 Å². The molecule has 0 atom stereocenters. The highest BCUT2D eigenvalue weighted by atomic mass is 35.5. The second kappa shape index (κ2) is 8.03. The van der Waals surface area contributed by atoms with Crippen molar-refractivity contribution in [1.29, 1.82) is 0 Å². The van der Waals surface area contributed by atoms with Crippen LogP contribution < -0.4 is 5.32 Å². The standard InChI is InChI=1S/C12H21N3S.ClH/c1-2-13-7-11-3-5-15(6-4-11)8-12-9-16-10-14-12;/h9-11,13H,2-8H2,1H3;1H. The Balaban J connectivity index is 0.00000144. The number of halogens is 1. The van der Waals surface area contributed by atoms with Crippen LogP contribution in [0.3, 0.4) is 0 Å². The maximum absolute atomic E-state index is 4.34. The fourth-order valence-corrected chi connectivity index (χ4v) is 2.79. The minimum absolute atomic E-state index is 0. The molecule has 0 bridgehead atoms. The maximum atomic E-state index is 4.34.